The van der Waals surface area contributed by atoms with Crippen LogP contribution in [0.1, 0.15) is 25.8 Å². The SMILES string of the molecule is CCN(Cc1c(F)cccc1Cl)C(C)CC(=O)O. The van der Waals surface area contributed by atoms with Gasteiger partial charge in [0, 0.05) is 23.2 Å². The third-order valence-electron chi connectivity index (χ3n) is 2.92. The number of aliphatic carboxylic acids is 1. The van der Waals surface area contributed by atoms with Gasteiger partial charge in [-0.15, -0.1) is 0 Å². The third kappa shape index (κ3) is 3.96. The summed E-state index contributed by atoms with van der Waals surface area (Å²) < 4.78 is 13.6. The van der Waals surface area contributed by atoms with E-state index in [2.05, 4.69) is 0 Å². The Labute approximate surface area is 111 Å². The molecular formula is C13H17ClFNO2. The van der Waals surface area contributed by atoms with Gasteiger partial charge in [-0.2, -0.15) is 0 Å². The Morgan fingerprint density at radius 2 is 2.22 bits per heavy atom. The van der Waals surface area contributed by atoms with Crippen LogP contribution in [-0.4, -0.2) is 28.6 Å². The summed E-state index contributed by atoms with van der Waals surface area (Å²) in [5, 5.41) is 9.15. The molecular weight excluding hydrogens is 257 g/mol. The van der Waals surface area contributed by atoms with Crippen molar-refractivity contribution in [3.63, 3.8) is 0 Å². The summed E-state index contributed by atoms with van der Waals surface area (Å²) in [6, 6.07) is 4.38. The fourth-order valence-electron chi connectivity index (χ4n) is 1.85. The molecule has 3 nitrogen and oxygen atoms in total. The Hall–Kier alpha value is -1.13. The molecule has 5 heteroatoms. The Bertz CT molecular complexity index is 405. The second-order valence-corrected chi connectivity index (χ2v) is 4.62. The Morgan fingerprint density at radius 3 is 2.72 bits per heavy atom. The van der Waals surface area contributed by atoms with Crippen LogP contribution in [0.2, 0.25) is 5.02 Å². The minimum Gasteiger partial charge on any atom is -0.481 e. The summed E-state index contributed by atoms with van der Waals surface area (Å²) in [6.07, 6.45) is 0.0277. The van der Waals surface area contributed by atoms with Crippen molar-refractivity contribution >= 4 is 17.6 Å². The first kappa shape index (κ1) is 14.9. The smallest absolute Gasteiger partial charge is 0.304 e. The van der Waals surface area contributed by atoms with Crippen LogP contribution >= 0.6 is 11.6 Å². The zero-order chi connectivity index (χ0) is 13.7. The van der Waals surface area contributed by atoms with Crippen molar-refractivity contribution in [2.75, 3.05) is 6.54 Å². The number of nitrogens with zero attached hydrogens (tertiary/aromatic N) is 1. The second-order valence-electron chi connectivity index (χ2n) is 4.21. The minimum absolute atomic E-state index is 0.0277. The fraction of sp³-hybridized carbons (Fsp3) is 0.462. The molecule has 1 rings (SSSR count). The molecule has 0 bridgehead atoms. The molecule has 0 heterocycles. The molecule has 0 aromatic heterocycles. The first-order valence-corrected chi connectivity index (χ1v) is 6.22. The van der Waals surface area contributed by atoms with Crippen LogP contribution in [0.4, 0.5) is 4.39 Å². The van der Waals surface area contributed by atoms with Gasteiger partial charge >= 0.3 is 5.97 Å². The molecule has 1 aromatic carbocycles. The molecule has 0 radical (unpaired) electrons. The lowest BCUT2D eigenvalue weighted by Gasteiger charge is -2.27. The number of rotatable bonds is 6. The van der Waals surface area contributed by atoms with Gasteiger partial charge in [0.1, 0.15) is 5.82 Å². The Morgan fingerprint density at radius 1 is 1.56 bits per heavy atom. The maximum absolute atomic E-state index is 13.6. The van der Waals surface area contributed by atoms with Gasteiger partial charge in [0.2, 0.25) is 0 Å². The van der Waals surface area contributed by atoms with Crippen LogP contribution in [0.15, 0.2) is 18.2 Å². The maximum Gasteiger partial charge on any atom is 0.304 e. The minimum atomic E-state index is -0.861. The lowest BCUT2D eigenvalue weighted by molar-refractivity contribution is -0.138. The van der Waals surface area contributed by atoms with E-state index in [9.17, 15) is 9.18 Å². The predicted molar refractivity (Wildman–Crippen MR) is 69.2 cm³/mol. The van der Waals surface area contributed by atoms with Crippen LogP contribution in [0.25, 0.3) is 0 Å². The third-order valence-corrected chi connectivity index (χ3v) is 3.28. The normalized spacial score (nSPS) is 12.7. The van der Waals surface area contributed by atoms with Crippen molar-refractivity contribution in [2.24, 2.45) is 0 Å². The van der Waals surface area contributed by atoms with Gasteiger partial charge in [-0.3, -0.25) is 9.69 Å². The van der Waals surface area contributed by atoms with Crippen LogP contribution in [0.3, 0.4) is 0 Å². The summed E-state index contributed by atoms with van der Waals surface area (Å²) in [4.78, 5) is 12.6. The van der Waals surface area contributed by atoms with E-state index in [1.54, 1.807) is 12.1 Å². The average Bonchev–Trinajstić information content (AvgIpc) is 2.27. The highest BCUT2D eigenvalue weighted by atomic mass is 35.5. The molecule has 18 heavy (non-hydrogen) atoms. The van der Waals surface area contributed by atoms with E-state index in [4.69, 9.17) is 16.7 Å². The lowest BCUT2D eigenvalue weighted by Crippen LogP contribution is -2.34. The number of hydrogen-bond acceptors (Lipinski definition) is 2. The van der Waals surface area contributed by atoms with E-state index in [0.717, 1.165) is 0 Å². The molecule has 0 aliphatic rings. The van der Waals surface area contributed by atoms with Gasteiger partial charge in [-0.1, -0.05) is 24.6 Å². The average molecular weight is 274 g/mol. The molecule has 0 saturated carbocycles. The molecule has 0 aliphatic heterocycles. The molecule has 1 atom stereocenters. The van der Waals surface area contributed by atoms with Gasteiger partial charge in [-0.05, 0) is 25.6 Å². The molecule has 0 fully saturated rings. The first-order chi connectivity index (χ1) is 8.45. The molecule has 0 aliphatic carbocycles. The Kier molecular flexibility index (Phi) is 5.56. The number of carbonyl (C=O) groups is 1. The van der Waals surface area contributed by atoms with Gasteiger partial charge in [-0.25, -0.2) is 4.39 Å². The van der Waals surface area contributed by atoms with E-state index in [-0.39, 0.29) is 18.3 Å². The van der Waals surface area contributed by atoms with Gasteiger partial charge < -0.3 is 5.11 Å². The Balaban J connectivity index is 2.82. The summed E-state index contributed by atoms with van der Waals surface area (Å²) in [7, 11) is 0. The monoisotopic (exact) mass is 273 g/mol. The summed E-state index contributed by atoms with van der Waals surface area (Å²) in [6.45, 7) is 4.68. The molecule has 0 saturated heterocycles. The topological polar surface area (TPSA) is 40.5 Å². The number of carboxylic acid groups (broad SMARTS) is 1. The molecule has 1 aromatic rings. The predicted octanol–water partition coefficient (Wildman–Crippen LogP) is 3.16. The van der Waals surface area contributed by atoms with Gasteiger partial charge in [0.05, 0.1) is 6.42 Å². The number of carboxylic acids is 1. The van der Waals surface area contributed by atoms with E-state index in [1.807, 2.05) is 18.7 Å². The zero-order valence-electron chi connectivity index (χ0n) is 10.5. The van der Waals surface area contributed by atoms with Crippen LogP contribution in [0, 0.1) is 5.82 Å². The van der Waals surface area contributed by atoms with E-state index in [1.165, 1.54) is 6.07 Å². The molecule has 1 unspecified atom stereocenters. The van der Waals surface area contributed by atoms with Crippen LogP contribution in [0.5, 0.6) is 0 Å². The first-order valence-electron chi connectivity index (χ1n) is 5.84. The van der Waals surface area contributed by atoms with Crippen molar-refractivity contribution in [3.05, 3.63) is 34.6 Å². The second kappa shape index (κ2) is 6.71. The standard InChI is InChI=1S/C13H17ClFNO2/c1-3-16(9(2)7-13(17)18)8-10-11(14)5-4-6-12(10)15/h4-6,9H,3,7-8H2,1-2H3,(H,17,18). The molecule has 0 amide bonds. The van der Waals surface area contributed by atoms with E-state index < -0.39 is 5.97 Å². The van der Waals surface area contributed by atoms with Gasteiger partial charge in [0.25, 0.3) is 0 Å². The highest BCUT2D eigenvalue weighted by molar-refractivity contribution is 6.31. The quantitative estimate of drug-likeness (QED) is 0.865. The molecule has 100 valence electrons. The van der Waals surface area contributed by atoms with E-state index in [0.29, 0.717) is 23.7 Å². The van der Waals surface area contributed by atoms with Crippen LogP contribution in [-0.2, 0) is 11.3 Å². The zero-order valence-corrected chi connectivity index (χ0v) is 11.2. The van der Waals surface area contributed by atoms with Crippen molar-refractivity contribution in [1.29, 1.82) is 0 Å². The maximum atomic E-state index is 13.6. The number of hydrogen-bond donors (Lipinski definition) is 1. The summed E-state index contributed by atoms with van der Waals surface area (Å²) in [5.74, 6) is -1.22. The van der Waals surface area contributed by atoms with Crippen molar-refractivity contribution in [1.82, 2.24) is 4.90 Å². The molecule has 1 N–H and O–H groups in total. The van der Waals surface area contributed by atoms with E-state index >= 15 is 0 Å². The van der Waals surface area contributed by atoms with Crippen molar-refractivity contribution in [3.8, 4) is 0 Å². The van der Waals surface area contributed by atoms with Gasteiger partial charge in [0.15, 0.2) is 0 Å². The highest BCUT2D eigenvalue weighted by Gasteiger charge is 2.18. The highest BCUT2D eigenvalue weighted by Crippen LogP contribution is 2.22. The van der Waals surface area contributed by atoms with Crippen LogP contribution < -0.4 is 0 Å². The number of halogens is 2. The summed E-state index contributed by atoms with van der Waals surface area (Å²) in [5.41, 5.74) is 0.415. The summed E-state index contributed by atoms with van der Waals surface area (Å²) >= 11 is 5.96. The number of benzene rings is 1. The van der Waals surface area contributed by atoms with Crippen molar-refractivity contribution < 1.29 is 14.3 Å². The largest absolute Gasteiger partial charge is 0.481 e. The lowest BCUT2D eigenvalue weighted by atomic mass is 10.1. The molecule has 0 spiro atoms. The fourth-order valence-corrected chi connectivity index (χ4v) is 2.07. The van der Waals surface area contributed by atoms with Crippen molar-refractivity contribution in [2.45, 2.75) is 32.9 Å².